The molecule has 0 atom stereocenters. The van der Waals surface area contributed by atoms with Crippen molar-refractivity contribution >= 4 is 31.9 Å². The second-order valence-corrected chi connectivity index (χ2v) is 3.70. The molecule has 1 aromatic rings. The standard InChI is InChI=1S/C7H2Br2FNO/c8-4-1-5(9)7(12)3(2-11)6(4)10/h1,12H. The molecule has 0 aromatic heterocycles. The highest BCUT2D eigenvalue weighted by Crippen LogP contribution is 2.33. The van der Waals surface area contributed by atoms with Gasteiger partial charge in [0.05, 0.1) is 8.95 Å². The van der Waals surface area contributed by atoms with Crippen molar-refractivity contribution in [3.05, 3.63) is 26.4 Å². The monoisotopic (exact) mass is 293 g/mol. The van der Waals surface area contributed by atoms with Crippen LogP contribution in [0, 0.1) is 17.1 Å². The molecule has 12 heavy (non-hydrogen) atoms. The van der Waals surface area contributed by atoms with E-state index in [4.69, 9.17) is 5.26 Å². The molecule has 0 amide bonds. The Morgan fingerprint density at radius 3 is 2.50 bits per heavy atom. The van der Waals surface area contributed by atoms with Crippen LogP contribution in [0.3, 0.4) is 0 Å². The fourth-order valence-corrected chi connectivity index (χ4v) is 1.85. The maximum Gasteiger partial charge on any atom is 0.158 e. The van der Waals surface area contributed by atoms with Crippen molar-refractivity contribution < 1.29 is 9.50 Å². The van der Waals surface area contributed by atoms with Gasteiger partial charge in [-0.3, -0.25) is 0 Å². The van der Waals surface area contributed by atoms with E-state index in [1.54, 1.807) is 6.07 Å². The van der Waals surface area contributed by atoms with Crippen molar-refractivity contribution in [2.45, 2.75) is 0 Å². The molecule has 1 aromatic carbocycles. The summed E-state index contributed by atoms with van der Waals surface area (Å²) in [6, 6.07) is 2.90. The van der Waals surface area contributed by atoms with E-state index in [2.05, 4.69) is 31.9 Å². The molecule has 1 rings (SSSR count). The molecule has 0 heterocycles. The lowest BCUT2D eigenvalue weighted by atomic mass is 10.2. The average Bonchev–Trinajstić information content (AvgIpc) is 2.02. The number of phenols is 1. The van der Waals surface area contributed by atoms with Crippen molar-refractivity contribution in [1.82, 2.24) is 0 Å². The topological polar surface area (TPSA) is 44.0 Å². The predicted molar refractivity (Wildman–Crippen MR) is 48.2 cm³/mol. The van der Waals surface area contributed by atoms with Crippen molar-refractivity contribution in [1.29, 1.82) is 5.26 Å². The van der Waals surface area contributed by atoms with Crippen LogP contribution in [-0.2, 0) is 0 Å². The van der Waals surface area contributed by atoms with Crippen LogP contribution < -0.4 is 0 Å². The highest BCUT2D eigenvalue weighted by Gasteiger charge is 2.14. The van der Waals surface area contributed by atoms with Crippen LogP contribution in [0.1, 0.15) is 5.56 Å². The van der Waals surface area contributed by atoms with Gasteiger partial charge in [0.2, 0.25) is 0 Å². The summed E-state index contributed by atoms with van der Waals surface area (Å²) in [5, 5.41) is 17.6. The summed E-state index contributed by atoms with van der Waals surface area (Å²) in [5.74, 6) is -1.13. The molecule has 2 nitrogen and oxygen atoms in total. The normalized spacial score (nSPS) is 9.50. The Morgan fingerprint density at radius 2 is 2.00 bits per heavy atom. The molecule has 0 aliphatic rings. The second-order valence-electron chi connectivity index (χ2n) is 1.99. The molecule has 0 saturated carbocycles. The summed E-state index contributed by atoms with van der Waals surface area (Å²) in [7, 11) is 0. The molecule has 5 heteroatoms. The van der Waals surface area contributed by atoms with E-state index in [-0.39, 0.29) is 20.3 Å². The van der Waals surface area contributed by atoms with Gasteiger partial charge in [-0.1, -0.05) is 0 Å². The zero-order valence-corrected chi connectivity index (χ0v) is 8.78. The van der Waals surface area contributed by atoms with Crippen LogP contribution in [0.2, 0.25) is 0 Å². The molecule has 0 spiro atoms. The number of nitriles is 1. The van der Waals surface area contributed by atoms with Crippen LogP contribution in [-0.4, -0.2) is 5.11 Å². The number of phenolic OH excluding ortho intramolecular Hbond substituents is 1. The molecule has 0 radical (unpaired) electrons. The Morgan fingerprint density at radius 1 is 1.42 bits per heavy atom. The largest absolute Gasteiger partial charge is 0.505 e. The van der Waals surface area contributed by atoms with E-state index in [0.29, 0.717) is 0 Å². The van der Waals surface area contributed by atoms with E-state index >= 15 is 0 Å². The number of nitrogens with zero attached hydrogens (tertiary/aromatic N) is 1. The number of rotatable bonds is 0. The minimum atomic E-state index is -0.752. The highest BCUT2D eigenvalue weighted by atomic mass is 79.9. The number of halogens is 3. The molecular weight excluding hydrogens is 293 g/mol. The number of hydrogen-bond acceptors (Lipinski definition) is 2. The Balaban J connectivity index is 3.56. The van der Waals surface area contributed by atoms with Gasteiger partial charge in [-0.2, -0.15) is 5.26 Å². The fraction of sp³-hybridized carbons (Fsp3) is 0. The molecular formula is C7H2Br2FNO. The van der Waals surface area contributed by atoms with Crippen LogP contribution in [0.5, 0.6) is 5.75 Å². The van der Waals surface area contributed by atoms with Gasteiger partial charge in [0.1, 0.15) is 11.6 Å². The maximum absolute atomic E-state index is 13.0. The summed E-state index contributed by atoms with van der Waals surface area (Å²) in [6.45, 7) is 0. The molecule has 0 fully saturated rings. The van der Waals surface area contributed by atoms with Gasteiger partial charge in [-0.05, 0) is 37.9 Å². The van der Waals surface area contributed by atoms with Crippen molar-refractivity contribution in [2.75, 3.05) is 0 Å². The van der Waals surface area contributed by atoms with Crippen molar-refractivity contribution in [3.63, 3.8) is 0 Å². The third-order valence-electron chi connectivity index (χ3n) is 1.26. The van der Waals surface area contributed by atoms with Gasteiger partial charge >= 0.3 is 0 Å². The van der Waals surface area contributed by atoms with E-state index in [1.165, 1.54) is 6.07 Å². The van der Waals surface area contributed by atoms with Crippen LogP contribution in [0.15, 0.2) is 15.0 Å². The molecule has 1 N–H and O–H groups in total. The predicted octanol–water partition coefficient (Wildman–Crippen LogP) is 2.93. The van der Waals surface area contributed by atoms with Gasteiger partial charge < -0.3 is 5.11 Å². The molecule has 0 bridgehead atoms. The van der Waals surface area contributed by atoms with E-state index in [9.17, 15) is 9.50 Å². The van der Waals surface area contributed by atoms with E-state index < -0.39 is 5.82 Å². The van der Waals surface area contributed by atoms with Crippen LogP contribution in [0.25, 0.3) is 0 Å². The zero-order valence-electron chi connectivity index (χ0n) is 5.61. The first-order valence-electron chi connectivity index (χ1n) is 2.84. The summed E-state index contributed by atoms with van der Waals surface area (Å²) in [6.07, 6.45) is 0. The van der Waals surface area contributed by atoms with Gasteiger partial charge in [-0.15, -0.1) is 0 Å². The Hall–Kier alpha value is -0.600. The first kappa shape index (κ1) is 9.49. The van der Waals surface area contributed by atoms with Crippen LogP contribution >= 0.6 is 31.9 Å². The number of benzene rings is 1. The SMILES string of the molecule is N#Cc1c(O)c(Br)cc(Br)c1F. The fourth-order valence-electron chi connectivity index (χ4n) is 0.688. The molecule has 0 aliphatic carbocycles. The first-order valence-corrected chi connectivity index (χ1v) is 4.43. The molecule has 0 unspecified atom stereocenters. The third-order valence-corrected chi connectivity index (χ3v) is 2.44. The molecule has 62 valence electrons. The van der Waals surface area contributed by atoms with Gasteiger partial charge in [0, 0.05) is 0 Å². The average molecular weight is 295 g/mol. The first-order chi connectivity index (χ1) is 5.57. The molecule has 0 aliphatic heterocycles. The lowest BCUT2D eigenvalue weighted by Gasteiger charge is -2.01. The lowest BCUT2D eigenvalue weighted by Crippen LogP contribution is -1.87. The minimum absolute atomic E-state index is 0.142. The number of aromatic hydroxyl groups is 1. The summed E-state index contributed by atoms with van der Waals surface area (Å²) < 4.78 is 13.4. The Kier molecular flexibility index (Phi) is 2.70. The summed E-state index contributed by atoms with van der Waals surface area (Å²) >= 11 is 5.88. The van der Waals surface area contributed by atoms with E-state index in [1.807, 2.05) is 0 Å². The molecule has 0 saturated heterocycles. The van der Waals surface area contributed by atoms with Crippen LogP contribution in [0.4, 0.5) is 4.39 Å². The quantitative estimate of drug-likeness (QED) is 0.748. The van der Waals surface area contributed by atoms with Gasteiger partial charge in [-0.25, -0.2) is 4.39 Å². The second kappa shape index (κ2) is 3.42. The van der Waals surface area contributed by atoms with Crippen molar-refractivity contribution in [2.24, 2.45) is 0 Å². The third kappa shape index (κ3) is 1.45. The van der Waals surface area contributed by atoms with Crippen molar-refractivity contribution in [3.8, 4) is 11.8 Å². The minimum Gasteiger partial charge on any atom is -0.505 e. The smallest absolute Gasteiger partial charge is 0.158 e. The summed E-state index contributed by atoms with van der Waals surface area (Å²) in [4.78, 5) is 0. The Bertz CT molecular complexity index is 346. The zero-order chi connectivity index (χ0) is 9.30. The summed E-state index contributed by atoms with van der Waals surface area (Å²) in [5.41, 5.74) is -0.365. The van der Waals surface area contributed by atoms with Gasteiger partial charge in [0.15, 0.2) is 11.6 Å². The van der Waals surface area contributed by atoms with E-state index in [0.717, 1.165) is 0 Å². The lowest BCUT2D eigenvalue weighted by molar-refractivity contribution is 0.462. The Labute approximate surface area is 84.9 Å². The maximum atomic E-state index is 13.0. The van der Waals surface area contributed by atoms with Gasteiger partial charge in [0.25, 0.3) is 0 Å². The highest BCUT2D eigenvalue weighted by molar-refractivity contribution is 9.11. The number of hydrogen-bond donors (Lipinski definition) is 1.